The van der Waals surface area contributed by atoms with Crippen LogP contribution in [-0.4, -0.2) is 39.4 Å². The molecule has 0 saturated carbocycles. The Balaban J connectivity index is 2.21. The minimum absolute atomic E-state index is 0.0790. The third-order valence-corrected chi connectivity index (χ3v) is 5.31. The number of hydrogen-bond acceptors (Lipinski definition) is 5. The number of ether oxygens (including phenoxy) is 1. The predicted molar refractivity (Wildman–Crippen MR) is 107 cm³/mol. The van der Waals surface area contributed by atoms with Crippen LogP contribution in [0, 0.1) is 0 Å². The fourth-order valence-corrected chi connectivity index (χ4v) is 3.81. The summed E-state index contributed by atoms with van der Waals surface area (Å²) in [6, 6.07) is 5.62. The summed E-state index contributed by atoms with van der Waals surface area (Å²) >= 11 is 9.81. The molecule has 1 saturated heterocycles. The first-order valence-electron chi connectivity index (χ1n) is 7.82. The number of carbonyl (C=O) groups is 2. The van der Waals surface area contributed by atoms with E-state index in [1.54, 1.807) is 6.08 Å². The maximum absolute atomic E-state index is 12.5. The summed E-state index contributed by atoms with van der Waals surface area (Å²) in [5.74, 6) is -0.528. The second-order valence-corrected chi connectivity index (χ2v) is 7.95. The summed E-state index contributed by atoms with van der Waals surface area (Å²) in [4.78, 5) is 25.0. The minimum atomic E-state index is -0.961. The number of halogens is 1. The summed E-state index contributed by atoms with van der Waals surface area (Å²) in [6.07, 6.45) is 3.59. The molecule has 1 N–H and O–H groups in total. The van der Waals surface area contributed by atoms with Crippen molar-refractivity contribution in [3.8, 4) is 5.75 Å². The highest BCUT2D eigenvalue weighted by Gasteiger charge is 2.32. The van der Waals surface area contributed by atoms with E-state index in [9.17, 15) is 9.59 Å². The highest BCUT2D eigenvalue weighted by molar-refractivity contribution is 9.10. The van der Waals surface area contributed by atoms with Crippen molar-refractivity contribution in [2.24, 2.45) is 0 Å². The SMILES string of the molecule is CCCCOc1ccc(Br)cc1/C=C1\SC(=S)N(CCC(=O)O)C1=O. The Kier molecular flexibility index (Phi) is 7.46. The molecule has 0 radical (unpaired) electrons. The van der Waals surface area contributed by atoms with Gasteiger partial charge in [0.15, 0.2) is 0 Å². The lowest BCUT2D eigenvalue weighted by atomic mass is 10.2. The van der Waals surface area contributed by atoms with Gasteiger partial charge in [-0.25, -0.2) is 0 Å². The van der Waals surface area contributed by atoms with E-state index in [1.807, 2.05) is 18.2 Å². The number of thiocarbonyl (C=S) groups is 1. The Morgan fingerprint density at radius 3 is 2.92 bits per heavy atom. The molecule has 1 heterocycles. The molecule has 1 aromatic carbocycles. The Bertz CT molecular complexity index is 721. The van der Waals surface area contributed by atoms with Gasteiger partial charge < -0.3 is 9.84 Å². The Morgan fingerprint density at radius 1 is 1.48 bits per heavy atom. The number of benzene rings is 1. The van der Waals surface area contributed by atoms with Gasteiger partial charge in [0.1, 0.15) is 10.1 Å². The molecule has 1 aliphatic rings. The number of carboxylic acids is 1. The number of unbranched alkanes of at least 4 members (excludes halogenated alkanes) is 1. The topological polar surface area (TPSA) is 66.8 Å². The Hall–Kier alpha value is -1.38. The van der Waals surface area contributed by atoms with Gasteiger partial charge in [0.2, 0.25) is 0 Å². The lowest BCUT2D eigenvalue weighted by molar-refractivity contribution is -0.137. The van der Waals surface area contributed by atoms with Crippen LogP contribution in [0.2, 0.25) is 0 Å². The van der Waals surface area contributed by atoms with Crippen molar-refractivity contribution in [3.63, 3.8) is 0 Å². The zero-order chi connectivity index (χ0) is 18.4. The summed E-state index contributed by atoms with van der Waals surface area (Å²) < 4.78 is 7.05. The van der Waals surface area contributed by atoms with Crippen LogP contribution < -0.4 is 4.74 Å². The van der Waals surface area contributed by atoms with Crippen molar-refractivity contribution >= 4 is 62.2 Å². The quantitative estimate of drug-likeness (QED) is 0.366. The first-order valence-corrected chi connectivity index (χ1v) is 9.83. The van der Waals surface area contributed by atoms with Crippen LogP contribution in [0.15, 0.2) is 27.6 Å². The Labute approximate surface area is 164 Å². The minimum Gasteiger partial charge on any atom is -0.493 e. The molecule has 134 valence electrons. The van der Waals surface area contributed by atoms with Crippen LogP contribution >= 0.6 is 39.9 Å². The van der Waals surface area contributed by atoms with Gasteiger partial charge in [0, 0.05) is 16.6 Å². The van der Waals surface area contributed by atoms with Crippen molar-refractivity contribution in [2.75, 3.05) is 13.2 Å². The highest BCUT2D eigenvalue weighted by atomic mass is 79.9. The summed E-state index contributed by atoms with van der Waals surface area (Å²) in [7, 11) is 0. The van der Waals surface area contributed by atoms with Crippen molar-refractivity contribution < 1.29 is 19.4 Å². The molecule has 25 heavy (non-hydrogen) atoms. The number of carboxylic acid groups (broad SMARTS) is 1. The number of hydrogen-bond donors (Lipinski definition) is 1. The van der Waals surface area contributed by atoms with Crippen molar-refractivity contribution in [2.45, 2.75) is 26.2 Å². The molecule has 1 fully saturated rings. The lowest BCUT2D eigenvalue weighted by Crippen LogP contribution is -2.30. The summed E-state index contributed by atoms with van der Waals surface area (Å²) in [5, 5.41) is 8.79. The molecule has 0 spiro atoms. The number of thioether (sulfide) groups is 1. The second-order valence-electron chi connectivity index (χ2n) is 5.36. The van der Waals surface area contributed by atoms with Gasteiger partial charge in [-0.2, -0.15) is 0 Å². The number of carbonyl (C=O) groups excluding carboxylic acids is 1. The molecule has 0 atom stereocenters. The van der Waals surface area contributed by atoms with Crippen LogP contribution in [-0.2, 0) is 9.59 Å². The van der Waals surface area contributed by atoms with Crippen molar-refractivity contribution in [1.82, 2.24) is 4.90 Å². The van der Waals surface area contributed by atoms with E-state index in [0.717, 1.165) is 22.9 Å². The average Bonchev–Trinajstić information content (AvgIpc) is 2.81. The summed E-state index contributed by atoms with van der Waals surface area (Å²) in [6.45, 7) is 2.78. The van der Waals surface area contributed by atoms with E-state index < -0.39 is 5.97 Å². The van der Waals surface area contributed by atoms with E-state index in [1.165, 1.54) is 16.7 Å². The number of amides is 1. The van der Waals surface area contributed by atoms with Crippen LogP contribution in [0.3, 0.4) is 0 Å². The van der Waals surface area contributed by atoms with Crippen LogP contribution in [0.4, 0.5) is 0 Å². The maximum Gasteiger partial charge on any atom is 0.305 e. The molecule has 8 heteroatoms. The van der Waals surface area contributed by atoms with Gasteiger partial charge in [0.25, 0.3) is 5.91 Å². The molecule has 0 unspecified atom stereocenters. The number of nitrogens with zero attached hydrogens (tertiary/aromatic N) is 1. The third kappa shape index (κ3) is 5.55. The van der Waals surface area contributed by atoms with Crippen molar-refractivity contribution in [3.05, 3.63) is 33.1 Å². The van der Waals surface area contributed by atoms with Crippen LogP contribution in [0.1, 0.15) is 31.7 Å². The van der Waals surface area contributed by atoms with E-state index in [4.69, 9.17) is 22.1 Å². The van der Waals surface area contributed by atoms with Gasteiger partial charge in [0.05, 0.1) is 17.9 Å². The fourth-order valence-electron chi connectivity index (χ4n) is 2.13. The van der Waals surface area contributed by atoms with Gasteiger partial charge in [-0.1, -0.05) is 53.3 Å². The van der Waals surface area contributed by atoms with Gasteiger partial charge in [-0.15, -0.1) is 0 Å². The molecule has 1 aromatic rings. The zero-order valence-electron chi connectivity index (χ0n) is 13.7. The van der Waals surface area contributed by atoms with Crippen LogP contribution in [0.5, 0.6) is 5.75 Å². The largest absolute Gasteiger partial charge is 0.493 e. The van der Waals surface area contributed by atoms with E-state index in [0.29, 0.717) is 21.6 Å². The lowest BCUT2D eigenvalue weighted by Gasteiger charge is -2.12. The monoisotopic (exact) mass is 443 g/mol. The normalized spacial score (nSPS) is 15.9. The molecular formula is C17H18BrNO4S2. The standard InChI is InChI=1S/C17H18BrNO4S2/c1-2-3-8-23-13-5-4-12(18)9-11(13)10-14-16(22)19(17(24)25-14)7-6-15(20)21/h4-5,9-10H,2-3,6-8H2,1H3,(H,20,21)/b14-10-. The highest BCUT2D eigenvalue weighted by Crippen LogP contribution is 2.35. The van der Waals surface area contributed by atoms with E-state index in [-0.39, 0.29) is 18.9 Å². The van der Waals surface area contributed by atoms with Crippen LogP contribution in [0.25, 0.3) is 6.08 Å². The molecule has 1 amide bonds. The van der Waals surface area contributed by atoms with Crippen molar-refractivity contribution in [1.29, 1.82) is 0 Å². The van der Waals surface area contributed by atoms with Gasteiger partial charge in [-0.3, -0.25) is 14.5 Å². The molecule has 1 aliphatic heterocycles. The molecule has 5 nitrogen and oxygen atoms in total. The number of aliphatic carboxylic acids is 1. The molecule has 2 rings (SSSR count). The van der Waals surface area contributed by atoms with E-state index in [2.05, 4.69) is 22.9 Å². The first kappa shape index (κ1) is 19.9. The van der Waals surface area contributed by atoms with Gasteiger partial charge >= 0.3 is 5.97 Å². The fraction of sp³-hybridized carbons (Fsp3) is 0.353. The first-order chi connectivity index (χ1) is 11.9. The predicted octanol–water partition coefficient (Wildman–Crippen LogP) is 4.30. The molecule has 0 bridgehead atoms. The third-order valence-electron chi connectivity index (χ3n) is 3.44. The maximum atomic E-state index is 12.5. The Morgan fingerprint density at radius 2 is 2.24 bits per heavy atom. The molecule has 0 aromatic heterocycles. The van der Waals surface area contributed by atoms with E-state index >= 15 is 0 Å². The number of rotatable bonds is 8. The molecule has 0 aliphatic carbocycles. The molecular weight excluding hydrogens is 426 g/mol. The smallest absolute Gasteiger partial charge is 0.305 e. The average molecular weight is 444 g/mol. The summed E-state index contributed by atoms with van der Waals surface area (Å²) in [5.41, 5.74) is 0.782. The zero-order valence-corrected chi connectivity index (χ0v) is 16.9. The van der Waals surface area contributed by atoms with Gasteiger partial charge in [-0.05, 0) is 30.7 Å². The second kappa shape index (κ2) is 9.35.